The second-order valence-electron chi connectivity index (χ2n) is 4.43. The molecule has 106 valence electrons. The Kier molecular flexibility index (Phi) is 5.20. The van der Waals surface area contributed by atoms with Crippen molar-refractivity contribution in [1.82, 2.24) is 0 Å². The molecule has 6 nitrogen and oxygen atoms in total. The fraction of sp³-hybridized carbons (Fsp3) is 0.692. The molecule has 0 radical (unpaired) electrons. The van der Waals surface area contributed by atoms with Gasteiger partial charge in [0.1, 0.15) is 11.8 Å². The first-order valence-corrected chi connectivity index (χ1v) is 6.32. The van der Waals surface area contributed by atoms with Gasteiger partial charge >= 0.3 is 11.9 Å². The average molecular weight is 270 g/mol. The van der Waals surface area contributed by atoms with Gasteiger partial charge in [0.15, 0.2) is 11.6 Å². The Balaban J connectivity index is 2.95. The van der Waals surface area contributed by atoms with E-state index in [2.05, 4.69) is 0 Å². The molecule has 0 aromatic heterocycles. The van der Waals surface area contributed by atoms with Crippen molar-refractivity contribution in [2.75, 3.05) is 13.2 Å². The third-order valence-corrected chi connectivity index (χ3v) is 3.17. The number of ketones is 2. The van der Waals surface area contributed by atoms with E-state index in [1.54, 1.807) is 13.8 Å². The number of esters is 2. The first-order valence-electron chi connectivity index (χ1n) is 6.32. The van der Waals surface area contributed by atoms with Gasteiger partial charge in [-0.2, -0.15) is 0 Å². The lowest BCUT2D eigenvalue weighted by molar-refractivity contribution is -0.163. The zero-order chi connectivity index (χ0) is 14.6. The average Bonchev–Trinajstić information content (AvgIpc) is 2.28. The van der Waals surface area contributed by atoms with Crippen LogP contribution in [0.15, 0.2) is 0 Å². The molecule has 0 aliphatic heterocycles. The normalized spacial score (nSPS) is 27.0. The van der Waals surface area contributed by atoms with Crippen LogP contribution in [-0.4, -0.2) is 36.7 Å². The summed E-state index contributed by atoms with van der Waals surface area (Å²) in [5.74, 6) is -5.19. The van der Waals surface area contributed by atoms with Crippen LogP contribution in [0.25, 0.3) is 0 Å². The van der Waals surface area contributed by atoms with Crippen LogP contribution in [0.2, 0.25) is 0 Å². The number of carbonyl (C=O) groups excluding carboxylic acids is 4. The van der Waals surface area contributed by atoms with E-state index in [1.807, 2.05) is 0 Å². The quantitative estimate of drug-likeness (QED) is 0.547. The minimum Gasteiger partial charge on any atom is -0.465 e. The van der Waals surface area contributed by atoms with Crippen LogP contribution in [0.3, 0.4) is 0 Å². The monoisotopic (exact) mass is 270 g/mol. The van der Waals surface area contributed by atoms with E-state index in [9.17, 15) is 19.2 Å². The maximum atomic E-state index is 11.8. The molecule has 0 bridgehead atoms. The Labute approximate surface area is 111 Å². The first kappa shape index (κ1) is 15.3. The standard InChI is InChI=1S/C13H18O6/c1-4-18-12(16)10-7(3)11(13(17)19-5-2)9(15)6-8(10)14/h7,10-11H,4-6H2,1-3H3. The molecule has 1 rings (SSSR count). The van der Waals surface area contributed by atoms with Gasteiger partial charge in [0.2, 0.25) is 0 Å². The summed E-state index contributed by atoms with van der Waals surface area (Å²) in [6, 6.07) is 0. The molecule has 0 N–H and O–H groups in total. The molecule has 1 saturated carbocycles. The number of ether oxygens (including phenoxy) is 2. The van der Waals surface area contributed by atoms with E-state index in [0.717, 1.165) is 0 Å². The number of hydrogen-bond acceptors (Lipinski definition) is 6. The highest BCUT2D eigenvalue weighted by atomic mass is 16.5. The summed E-state index contributed by atoms with van der Waals surface area (Å²) >= 11 is 0. The smallest absolute Gasteiger partial charge is 0.316 e. The first-order chi connectivity index (χ1) is 8.93. The van der Waals surface area contributed by atoms with Crippen molar-refractivity contribution >= 4 is 23.5 Å². The van der Waals surface area contributed by atoms with Gasteiger partial charge in [0.25, 0.3) is 0 Å². The molecule has 1 fully saturated rings. The lowest BCUT2D eigenvalue weighted by Gasteiger charge is -2.30. The highest BCUT2D eigenvalue weighted by Crippen LogP contribution is 2.32. The van der Waals surface area contributed by atoms with Crippen molar-refractivity contribution < 1.29 is 28.7 Å². The predicted molar refractivity (Wildman–Crippen MR) is 64.0 cm³/mol. The van der Waals surface area contributed by atoms with E-state index >= 15 is 0 Å². The van der Waals surface area contributed by atoms with Gasteiger partial charge in [0, 0.05) is 0 Å². The molecule has 0 amide bonds. The Bertz CT molecular complexity index is 364. The van der Waals surface area contributed by atoms with Crippen molar-refractivity contribution in [2.45, 2.75) is 27.2 Å². The zero-order valence-electron chi connectivity index (χ0n) is 11.3. The van der Waals surface area contributed by atoms with Crippen molar-refractivity contribution in [1.29, 1.82) is 0 Å². The van der Waals surface area contributed by atoms with Gasteiger partial charge in [-0.15, -0.1) is 0 Å². The van der Waals surface area contributed by atoms with Crippen LogP contribution >= 0.6 is 0 Å². The fourth-order valence-electron chi connectivity index (χ4n) is 2.33. The number of carbonyl (C=O) groups is 4. The lowest BCUT2D eigenvalue weighted by atomic mass is 9.71. The Morgan fingerprint density at radius 3 is 1.68 bits per heavy atom. The highest BCUT2D eigenvalue weighted by Gasteiger charge is 2.49. The minimum atomic E-state index is -1.06. The van der Waals surface area contributed by atoms with Crippen LogP contribution in [0.5, 0.6) is 0 Å². The van der Waals surface area contributed by atoms with Crippen molar-refractivity contribution in [3.63, 3.8) is 0 Å². The highest BCUT2D eigenvalue weighted by molar-refractivity contribution is 6.15. The number of Topliss-reactive ketones (excluding diaryl/α,β-unsaturated/α-hetero) is 2. The van der Waals surface area contributed by atoms with Gasteiger partial charge in [-0.3, -0.25) is 19.2 Å². The summed E-state index contributed by atoms with van der Waals surface area (Å²) < 4.78 is 9.64. The Hall–Kier alpha value is -1.72. The molecule has 6 heteroatoms. The summed E-state index contributed by atoms with van der Waals surface area (Å²) in [5, 5.41) is 0. The van der Waals surface area contributed by atoms with Crippen LogP contribution in [0.4, 0.5) is 0 Å². The van der Waals surface area contributed by atoms with E-state index in [1.165, 1.54) is 6.92 Å². The predicted octanol–water partition coefficient (Wildman–Crippen LogP) is 0.523. The van der Waals surface area contributed by atoms with E-state index in [0.29, 0.717) is 0 Å². The van der Waals surface area contributed by atoms with Gasteiger partial charge in [-0.1, -0.05) is 6.92 Å². The molecular formula is C13H18O6. The van der Waals surface area contributed by atoms with E-state index < -0.39 is 47.7 Å². The van der Waals surface area contributed by atoms with Gasteiger partial charge in [-0.25, -0.2) is 0 Å². The lowest BCUT2D eigenvalue weighted by Crippen LogP contribution is -2.47. The van der Waals surface area contributed by atoms with Crippen molar-refractivity contribution in [3.05, 3.63) is 0 Å². The third kappa shape index (κ3) is 3.19. The summed E-state index contributed by atoms with van der Waals surface area (Å²) in [6.45, 7) is 5.08. The number of rotatable bonds is 4. The molecule has 2 unspecified atom stereocenters. The van der Waals surface area contributed by atoms with Gasteiger partial charge < -0.3 is 9.47 Å². The van der Waals surface area contributed by atoms with Gasteiger partial charge in [-0.05, 0) is 19.8 Å². The molecule has 19 heavy (non-hydrogen) atoms. The second kappa shape index (κ2) is 6.45. The Morgan fingerprint density at radius 1 is 1.00 bits per heavy atom. The molecule has 0 aromatic rings. The fourth-order valence-corrected chi connectivity index (χ4v) is 2.33. The van der Waals surface area contributed by atoms with Crippen molar-refractivity contribution in [2.24, 2.45) is 17.8 Å². The summed E-state index contributed by atoms with van der Waals surface area (Å²) in [7, 11) is 0. The van der Waals surface area contributed by atoms with Crippen LogP contribution in [-0.2, 0) is 28.7 Å². The summed E-state index contributed by atoms with van der Waals surface area (Å²) in [5.41, 5.74) is 0. The maximum absolute atomic E-state index is 11.8. The van der Waals surface area contributed by atoms with Crippen LogP contribution < -0.4 is 0 Å². The molecule has 1 aliphatic carbocycles. The van der Waals surface area contributed by atoms with E-state index in [4.69, 9.17) is 9.47 Å². The SMILES string of the molecule is CCOC(=O)C1C(=O)CC(=O)C(C(=O)OCC)C1C. The van der Waals surface area contributed by atoms with Crippen LogP contribution in [0.1, 0.15) is 27.2 Å². The summed E-state index contributed by atoms with van der Waals surface area (Å²) in [4.78, 5) is 47.1. The van der Waals surface area contributed by atoms with E-state index in [-0.39, 0.29) is 13.2 Å². The zero-order valence-corrected chi connectivity index (χ0v) is 11.3. The topological polar surface area (TPSA) is 86.7 Å². The third-order valence-electron chi connectivity index (χ3n) is 3.17. The van der Waals surface area contributed by atoms with Gasteiger partial charge in [0.05, 0.1) is 19.6 Å². The molecule has 0 saturated heterocycles. The molecule has 2 atom stereocenters. The maximum Gasteiger partial charge on any atom is 0.316 e. The summed E-state index contributed by atoms with van der Waals surface area (Å²) in [6.07, 6.45) is -0.419. The van der Waals surface area contributed by atoms with Crippen molar-refractivity contribution in [3.8, 4) is 0 Å². The number of hydrogen-bond donors (Lipinski definition) is 0. The molecule has 1 aliphatic rings. The molecule has 0 aromatic carbocycles. The molecule has 0 spiro atoms. The van der Waals surface area contributed by atoms with Crippen LogP contribution in [0, 0.1) is 17.8 Å². The minimum absolute atomic E-state index is 0.146. The second-order valence-corrected chi connectivity index (χ2v) is 4.43. The molecular weight excluding hydrogens is 252 g/mol. The molecule has 0 heterocycles. The Morgan fingerprint density at radius 2 is 1.37 bits per heavy atom. The largest absolute Gasteiger partial charge is 0.465 e.